The summed E-state index contributed by atoms with van der Waals surface area (Å²) in [6.07, 6.45) is 23.6. The molecule has 0 fully saturated rings. The van der Waals surface area contributed by atoms with Gasteiger partial charge in [0.25, 0.3) is 0 Å². The minimum absolute atomic E-state index is 0.0779. The summed E-state index contributed by atoms with van der Waals surface area (Å²) < 4.78 is 0. The van der Waals surface area contributed by atoms with Crippen molar-refractivity contribution in [2.24, 2.45) is 0 Å². The van der Waals surface area contributed by atoms with Crippen LogP contribution in [0, 0.1) is 0 Å². The summed E-state index contributed by atoms with van der Waals surface area (Å²) in [5.74, 6) is -0.954. The standard InChI is InChI=1S/C20H32O4/c1-2-3-4-5-10-13-16-19(24-23)17-14-11-8-6-7-9-12-15-18-20(21)22/h6-9,11-12,15,18-19,23H,2-5,10,13-14,16-17H2,1H3,(H,21,22)/b7-6+,11-8+,12-9+,18-15+. The minimum atomic E-state index is -0.954. The molecule has 4 heteroatoms. The van der Waals surface area contributed by atoms with E-state index in [-0.39, 0.29) is 6.10 Å². The quantitative estimate of drug-likeness (QED) is 0.133. The normalized spacial score (nSPS) is 13.8. The largest absolute Gasteiger partial charge is 0.478 e. The minimum Gasteiger partial charge on any atom is -0.478 e. The van der Waals surface area contributed by atoms with Crippen LogP contribution in [0.4, 0.5) is 0 Å². The Balaban J connectivity index is 3.72. The van der Waals surface area contributed by atoms with E-state index in [9.17, 15) is 4.79 Å². The molecule has 0 aromatic heterocycles. The highest BCUT2D eigenvalue weighted by molar-refractivity contribution is 5.80. The maximum absolute atomic E-state index is 10.2. The van der Waals surface area contributed by atoms with Gasteiger partial charge in [0.15, 0.2) is 0 Å². The molecule has 0 radical (unpaired) electrons. The first-order chi connectivity index (χ1) is 11.7. The molecule has 136 valence electrons. The summed E-state index contributed by atoms with van der Waals surface area (Å²) in [6, 6.07) is 0. The molecule has 4 nitrogen and oxygen atoms in total. The number of allylic oxidation sites excluding steroid dienone is 7. The van der Waals surface area contributed by atoms with E-state index in [0.717, 1.165) is 31.8 Å². The van der Waals surface area contributed by atoms with Crippen LogP contribution in [0.3, 0.4) is 0 Å². The summed E-state index contributed by atoms with van der Waals surface area (Å²) in [5.41, 5.74) is 0. The Morgan fingerprint density at radius 3 is 2.21 bits per heavy atom. The molecule has 0 aromatic carbocycles. The highest BCUT2D eigenvalue weighted by Crippen LogP contribution is 2.13. The van der Waals surface area contributed by atoms with Crippen LogP contribution < -0.4 is 0 Å². The van der Waals surface area contributed by atoms with Crippen molar-refractivity contribution in [2.75, 3.05) is 0 Å². The number of hydrogen-bond donors (Lipinski definition) is 2. The summed E-state index contributed by atoms with van der Waals surface area (Å²) in [6.45, 7) is 2.21. The van der Waals surface area contributed by atoms with Gasteiger partial charge in [-0.15, -0.1) is 0 Å². The Hall–Kier alpha value is -1.65. The highest BCUT2D eigenvalue weighted by atomic mass is 17.1. The van der Waals surface area contributed by atoms with Crippen molar-refractivity contribution >= 4 is 5.97 Å². The third kappa shape index (κ3) is 16.7. The van der Waals surface area contributed by atoms with Crippen molar-refractivity contribution < 1.29 is 20.0 Å². The summed E-state index contributed by atoms with van der Waals surface area (Å²) >= 11 is 0. The van der Waals surface area contributed by atoms with E-state index in [4.69, 9.17) is 10.4 Å². The van der Waals surface area contributed by atoms with Gasteiger partial charge in [-0.1, -0.05) is 88.0 Å². The van der Waals surface area contributed by atoms with E-state index >= 15 is 0 Å². The van der Waals surface area contributed by atoms with Crippen molar-refractivity contribution in [1.29, 1.82) is 0 Å². The third-order valence-corrected chi connectivity index (χ3v) is 3.61. The Morgan fingerprint density at radius 1 is 0.917 bits per heavy atom. The molecule has 0 saturated carbocycles. The molecule has 0 saturated heterocycles. The molecular weight excluding hydrogens is 304 g/mol. The molecule has 0 aromatic rings. The smallest absolute Gasteiger partial charge is 0.328 e. The number of aliphatic carboxylic acids is 1. The van der Waals surface area contributed by atoms with Crippen LogP contribution in [0.1, 0.15) is 64.7 Å². The number of carbonyl (C=O) groups is 1. The number of carboxylic acids is 1. The molecule has 0 heterocycles. The Kier molecular flexibility index (Phi) is 16.5. The van der Waals surface area contributed by atoms with Gasteiger partial charge in [-0.25, -0.2) is 9.68 Å². The molecular formula is C20H32O4. The average molecular weight is 336 g/mol. The van der Waals surface area contributed by atoms with E-state index in [1.807, 2.05) is 24.3 Å². The Labute approximate surface area is 146 Å². The molecule has 0 aliphatic rings. The molecule has 0 aliphatic heterocycles. The predicted molar refractivity (Wildman–Crippen MR) is 98.9 cm³/mol. The molecule has 0 bridgehead atoms. The first-order valence-electron chi connectivity index (χ1n) is 8.90. The maximum atomic E-state index is 10.2. The monoisotopic (exact) mass is 336 g/mol. The van der Waals surface area contributed by atoms with Gasteiger partial charge in [-0.2, -0.15) is 0 Å². The van der Waals surface area contributed by atoms with Crippen LogP contribution in [0.15, 0.2) is 48.6 Å². The van der Waals surface area contributed by atoms with E-state index in [0.29, 0.717) is 0 Å². The summed E-state index contributed by atoms with van der Waals surface area (Å²) in [4.78, 5) is 14.8. The highest BCUT2D eigenvalue weighted by Gasteiger charge is 2.07. The molecule has 1 unspecified atom stereocenters. The number of unbranched alkanes of at least 4 members (excludes halogenated alkanes) is 5. The lowest BCUT2D eigenvalue weighted by Gasteiger charge is -2.11. The predicted octanol–water partition coefficient (Wildman–Crippen LogP) is 5.68. The Bertz CT molecular complexity index is 408. The van der Waals surface area contributed by atoms with Gasteiger partial charge in [-0.05, 0) is 19.3 Å². The third-order valence-electron chi connectivity index (χ3n) is 3.61. The fourth-order valence-electron chi connectivity index (χ4n) is 2.25. The van der Waals surface area contributed by atoms with E-state index < -0.39 is 5.97 Å². The zero-order valence-corrected chi connectivity index (χ0v) is 14.8. The second-order valence-electron chi connectivity index (χ2n) is 5.76. The molecule has 1 atom stereocenters. The second-order valence-corrected chi connectivity index (χ2v) is 5.76. The lowest BCUT2D eigenvalue weighted by atomic mass is 10.0. The van der Waals surface area contributed by atoms with Crippen molar-refractivity contribution in [1.82, 2.24) is 0 Å². The van der Waals surface area contributed by atoms with Gasteiger partial charge < -0.3 is 5.11 Å². The van der Waals surface area contributed by atoms with Crippen LogP contribution in [-0.4, -0.2) is 22.4 Å². The molecule has 0 spiro atoms. The lowest BCUT2D eigenvalue weighted by molar-refractivity contribution is -0.281. The lowest BCUT2D eigenvalue weighted by Crippen LogP contribution is -2.10. The number of hydrogen-bond acceptors (Lipinski definition) is 3. The van der Waals surface area contributed by atoms with Crippen LogP contribution in [-0.2, 0) is 9.68 Å². The maximum Gasteiger partial charge on any atom is 0.328 e. The van der Waals surface area contributed by atoms with Crippen LogP contribution in [0.2, 0.25) is 0 Å². The molecule has 24 heavy (non-hydrogen) atoms. The van der Waals surface area contributed by atoms with Gasteiger partial charge in [0, 0.05) is 6.08 Å². The van der Waals surface area contributed by atoms with E-state index in [1.54, 1.807) is 12.2 Å². The van der Waals surface area contributed by atoms with Gasteiger partial charge in [0.05, 0.1) is 6.10 Å². The second kappa shape index (κ2) is 17.7. The van der Waals surface area contributed by atoms with Crippen molar-refractivity contribution in [3.8, 4) is 0 Å². The van der Waals surface area contributed by atoms with Gasteiger partial charge >= 0.3 is 5.97 Å². The molecule has 2 N–H and O–H groups in total. The van der Waals surface area contributed by atoms with Crippen LogP contribution in [0.25, 0.3) is 0 Å². The van der Waals surface area contributed by atoms with E-state index in [1.165, 1.54) is 38.2 Å². The molecule has 0 rings (SSSR count). The summed E-state index contributed by atoms with van der Waals surface area (Å²) in [5, 5.41) is 17.3. The average Bonchev–Trinajstić information content (AvgIpc) is 2.57. The molecule has 0 amide bonds. The first-order valence-corrected chi connectivity index (χ1v) is 8.90. The van der Waals surface area contributed by atoms with Crippen LogP contribution in [0.5, 0.6) is 0 Å². The van der Waals surface area contributed by atoms with Crippen molar-refractivity contribution in [3.05, 3.63) is 48.6 Å². The summed E-state index contributed by atoms with van der Waals surface area (Å²) in [7, 11) is 0. The van der Waals surface area contributed by atoms with Gasteiger partial charge in [0.2, 0.25) is 0 Å². The topological polar surface area (TPSA) is 66.8 Å². The fourth-order valence-corrected chi connectivity index (χ4v) is 2.25. The zero-order valence-electron chi connectivity index (χ0n) is 14.8. The first kappa shape index (κ1) is 22.4. The van der Waals surface area contributed by atoms with Gasteiger partial charge in [0.1, 0.15) is 0 Å². The van der Waals surface area contributed by atoms with E-state index in [2.05, 4.69) is 11.8 Å². The Morgan fingerprint density at radius 2 is 1.54 bits per heavy atom. The number of rotatable bonds is 15. The van der Waals surface area contributed by atoms with Crippen LogP contribution >= 0.6 is 0 Å². The number of carboxylic acid groups (broad SMARTS) is 1. The SMILES string of the molecule is CCCCCCCCC(CC/C=C/C=C/C=C/C=C/C(=O)O)OO. The van der Waals surface area contributed by atoms with Crippen molar-refractivity contribution in [3.63, 3.8) is 0 Å². The van der Waals surface area contributed by atoms with Crippen molar-refractivity contribution in [2.45, 2.75) is 70.8 Å². The molecule has 0 aliphatic carbocycles. The van der Waals surface area contributed by atoms with Gasteiger partial charge in [-0.3, -0.25) is 5.26 Å². The zero-order chi connectivity index (χ0) is 17.9. The fraction of sp³-hybridized carbons (Fsp3) is 0.550.